The van der Waals surface area contributed by atoms with Gasteiger partial charge in [0.2, 0.25) is 0 Å². The largest absolute Gasteiger partial charge is 0.379 e. The second-order valence-corrected chi connectivity index (χ2v) is 4.38. The third kappa shape index (κ3) is 2.79. The summed E-state index contributed by atoms with van der Waals surface area (Å²) < 4.78 is 7.47. The van der Waals surface area contributed by atoms with Gasteiger partial charge in [0.25, 0.3) is 0 Å². The van der Waals surface area contributed by atoms with Gasteiger partial charge in [-0.05, 0) is 31.7 Å². The standard InChI is InChI=1S/C11H19N3O/c1-9(12)5-10-6-13-14(7-10)11-3-2-4-15-8-11/h6-7,9,11H,2-5,8,12H2,1H3. The van der Waals surface area contributed by atoms with Crippen LogP contribution in [0.4, 0.5) is 0 Å². The molecule has 4 nitrogen and oxygen atoms in total. The first-order chi connectivity index (χ1) is 7.25. The van der Waals surface area contributed by atoms with Gasteiger partial charge in [0.05, 0.1) is 18.8 Å². The molecule has 15 heavy (non-hydrogen) atoms. The summed E-state index contributed by atoms with van der Waals surface area (Å²) >= 11 is 0. The molecule has 0 amide bonds. The summed E-state index contributed by atoms with van der Waals surface area (Å²) in [5.74, 6) is 0. The Bertz CT molecular complexity index is 303. The van der Waals surface area contributed by atoms with Gasteiger partial charge in [-0.1, -0.05) is 0 Å². The highest BCUT2D eigenvalue weighted by atomic mass is 16.5. The Balaban J connectivity index is 1.99. The van der Waals surface area contributed by atoms with Crippen molar-refractivity contribution in [1.29, 1.82) is 0 Å². The molecule has 0 radical (unpaired) electrons. The van der Waals surface area contributed by atoms with Crippen molar-refractivity contribution in [3.63, 3.8) is 0 Å². The molecule has 2 atom stereocenters. The van der Waals surface area contributed by atoms with Crippen LogP contribution in [0.5, 0.6) is 0 Å². The average molecular weight is 209 g/mol. The zero-order valence-corrected chi connectivity index (χ0v) is 9.22. The van der Waals surface area contributed by atoms with Crippen LogP contribution < -0.4 is 5.73 Å². The summed E-state index contributed by atoms with van der Waals surface area (Å²) in [4.78, 5) is 0. The van der Waals surface area contributed by atoms with Crippen LogP contribution in [0.2, 0.25) is 0 Å². The number of hydrogen-bond donors (Lipinski definition) is 1. The van der Waals surface area contributed by atoms with E-state index in [0.29, 0.717) is 6.04 Å². The van der Waals surface area contributed by atoms with Crippen LogP contribution in [0.15, 0.2) is 12.4 Å². The summed E-state index contributed by atoms with van der Waals surface area (Å²) in [6.45, 7) is 3.70. The lowest BCUT2D eigenvalue weighted by Gasteiger charge is -2.22. The van der Waals surface area contributed by atoms with E-state index in [1.165, 1.54) is 12.0 Å². The highest BCUT2D eigenvalue weighted by Crippen LogP contribution is 2.19. The molecule has 0 aliphatic carbocycles. The Hall–Kier alpha value is -0.870. The number of ether oxygens (including phenoxy) is 1. The van der Waals surface area contributed by atoms with Crippen LogP contribution in [-0.4, -0.2) is 29.0 Å². The molecular formula is C11H19N3O. The molecule has 0 spiro atoms. The summed E-state index contributed by atoms with van der Waals surface area (Å²) in [7, 11) is 0. The lowest BCUT2D eigenvalue weighted by molar-refractivity contribution is 0.0549. The smallest absolute Gasteiger partial charge is 0.0753 e. The maximum atomic E-state index is 5.75. The van der Waals surface area contributed by atoms with Crippen molar-refractivity contribution in [2.75, 3.05) is 13.2 Å². The molecule has 2 rings (SSSR count). The van der Waals surface area contributed by atoms with Gasteiger partial charge in [0.1, 0.15) is 0 Å². The highest BCUT2D eigenvalue weighted by molar-refractivity contribution is 5.06. The van der Waals surface area contributed by atoms with Gasteiger partial charge in [-0.2, -0.15) is 5.10 Å². The molecule has 2 heterocycles. The van der Waals surface area contributed by atoms with Gasteiger partial charge < -0.3 is 10.5 Å². The minimum atomic E-state index is 0.199. The molecular weight excluding hydrogens is 190 g/mol. The van der Waals surface area contributed by atoms with Crippen molar-refractivity contribution < 1.29 is 4.74 Å². The van der Waals surface area contributed by atoms with Gasteiger partial charge in [0.15, 0.2) is 0 Å². The van der Waals surface area contributed by atoms with Crippen molar-refractivity contribution >= 4 is 0 Å². The van der Waals surface area contributed by atoms with E-state index < -0.39 is 0 Å². The van der Waals surface area contributed by atoms with E-state index >= 15 is 0 Å². The average Bonchev–Trinajstić information content (AvgIpc) is 2.67. The predicted octanol–water partition coefficient (Wildman–Crippen LogP) is 1.12. The third-order valence-electron chi connectivity index (χ3n) is 2.72. The number of rotatable bonds is 3. The molecule has 1 aliphatic rings. The fourth-order valence-electron chi connectivity index (χ4n) is 1.99. The first kappa shape index (κ1) is 10.6. The third-order valence-corrected chi connectivity index (χ3v) is 2.72. The van der Waals surface area contributed by atoms with Gasteiger partial charge in [-0.3, -0.25) is 4.68 Å². The second-order valence-electron chi connectivity index (χ2n) is 4.38. The second kappa shape index (κ2) is 4.77. The number of nitrogens with two attached hydrogens (primary N) is 1. The van der Waals surface area contributed by atoms with Crippen LogP contribution in [0.1, 0.15) is 31.4 Å². The Kier molecular flexibility index (Phi) is 3.38. The lowest BCUT2D eigenvalue weighted by Crippen LogP contribution is -2.21. The van der Waals surface area contributed by atoms with E-state index in [1.807, 2.05) is 17.8 Å². The molecule has 1 aliphatic heterocycles. The van der Waals surface area contributed by atoms with Gasteiger partial charge in [0, 0.05) is 18.8 Å². The zero-order valence-electron chi connectivity index (χ0n) is 9.22. The first-order valence-electron chi connectivity index (χ1n) is 5.62. The molecule has 4 heteroatoms. The van der Waals surface area contributed by atoms with Crippen molar-refractivity contribution in [1.82, 2.24) is 9.78 Å². The molecule has 1 fully saturated rings. The van der Waals surface area contributed by atoms with E-state index in [9.17, 15) is 0 Å². The Morgan fingerprint density at radius 2 is 2.60 bits per heavy atom. The minimum Gasteiger partial charge on any atom is -0.379 e. The lowest BCUT2D eigenvalue weighted by atomic mass is 10.1. The molecule has 0 saturated carbocycles. The molecule has 1 saturated heterocycles. The van der Waals surface area contributed by atoms with Crippen LogP contribution >= 0.6 is 0 Å². The highest BCUT2D eigenvalue weighted by Gasteiger charge is 2.16. The van der Waals surface area contributed by atoms with Crippen molar-refractivity contribution in [2.24, 2.45) is 5.73 Å². The summed E-state index contributed by atoms with van der Waals surface area (Å²) in [5.41, 5.74) is 6.97. The SMILES string of the molecule is CC(N)Cc1cnn(C2CCCOC2)c1. The Morgan fingerprint density at radius 1 is 1.73 bits per heavy atom. The van der Waals surface area contributed by atoms with E-state index in [4.69, 9.17) is 10.5 Å². The number of nitrogens with zero attached hydrogens (tertiary/aromatic N) is 2. The minimum absolute atomic E-state index is 0.199. The van der Waals surface area contributed by atoms with Gasteiger partial charge in [-0.15, -0.1) is 0 Å². The summed E-state index contributed by atoms with van der Waals surface area (Å²) in [5, 5.41) is 4.37. The van der Waals surface area contributed by atoms with Crippen LogP contribution in [-0.2, 0) is 11.2 Å². The van der Waals surface area contributed by atoms with Gasteiger partial charge in [-0.25, -0.2) is 0 Å². The van der Waals surface area contributed by atoms with E-state index in [1.54, 1.807) is 0 Å². The monoisotopic (exact) mass is 209 g/mol. The van der Waals surface area contributed by atoms with Crippen LogP contribution in [0.25, 0.3) is 0 Å². The molecule has 0 aromatic carbocycles. The van der Waals surface area contributed by atoms with E-state index in [2.05, 4.69) is 11.3 Å². The summed E-state index contributed by atoms with van der Waals surface area (Å²) in [6.07, 6.45) is 7.21. The maximum absolute atomic E-state index is 5.75. The van der Waals surface area contributed by atoms with Crippen LogP contribution in [0.3, 0.4) is 0 Å². The molecule has 2 N–H and O–H groups in total. The maximum Gasteiger partial charge on any atom is 0.0753 e. The fourth-order valence-corrected chi connectivity index (χ4v) is 1.99. The van der Waals surface area contributed by atoms with E-state index in [0.717, 1.165) is 26.1 Å². The quantitative estimate of drug-likeness (QED) is 0.811. The van der Waals surface area contributed by atoms with E-state index in [-0.39, 0.29) is 6.04 Å². The van der Waals surface area contributed by atoms with Crippen LogP contribution in [0, 0.1) is 0 Å². The molecule has 84 valence electrons. The topological polar surface area (TPSA) is 53.1 Å². The number of aromatic nitrogens is 2. The molecule has 1 aromatic rings. The van der Waals surface area contributed by atoms with Gasteiger partial charge >= 0.3 is 0 Å². The molecule has 1 aromatic heterocycles. The molecule has 0 bridgehead atoms. The first-order valence-corrected chi connectivity index (χ1v) is 5.62. The fraction of sp³-hybridized carbons (Fsp3) is 0.727. The molecule has 2 unspecified atom stereocenters. The summed E-state index contributed by atoms with van der Waals surface area (Å²) in [6, 6.07) is 0.617. The van der Waals surface area contributed by atoms with Crippen molar-refractivity contribution in [3.8, 4) is 0 Å². The normalized spacial score (nSPS) is 24.0. The Morgan fingerprint density at radius 3 is 3.27 bits per heavy atom. The van der Waals surface area contributed by atoms with Crippen molar-refractivity contribution in [3.05, 3.63) is 18.0 Å². The predicted molar refractivity (Wildman–Crippen MR) is 58.7 cm³/mol. The Labute approximate surface area is 90.4 Å². The number of hydrogen-bond acceptors (Lipinski definition) is 3. The van der Waals surface area contributed by atoms with Crippen molar-refractivity contribution in [2.45, 2.75) is 38.3 Å². The zero-order chi connectivity index (χ0) is 10.7.